The molecule has 0 amide bonds. The number of allylic oxidation sites excluding steroid dienone is 1. The summed E-state index contributed by atoms with van der Waals surface area (Å²) in [5.74, 6) is 0.723. The van der Waals surface area contributed by atoms with Crippen LogP contribution in [-0.2, 0) is 23.5 Å². The Kier molecular flexibility index (Phi) is 4.71. The summed E-state index contributed by atoms with van der Waals surface area (Å²) in [5, 5.41) is 1.09. The molecule has 156 valence electrons. The molecule has 5 heteroatoms. The molecule has 0 aliphatic carbocycles. The average molecular weight is 429 g/mol. The molecule has 0 radical (unpaired) electrons. The number of para-hydroxylation sites is 1. The highest BCUT2D eigenvalue weighted by molar-refractivity contribution is 7.92. The van der Waals surface area contributed by atoms with Gasteiger partial charge in [0.05, 0.1) is 10.9 Å². The minimum absolute atomic E-state index is 0.297. The van der Waals surface area contributed by atoms with Gasteiger partial charge in [-0.2, -0.15) is 0 Å². The first-order chi connectivity index (χ1) is 15.0. The Balaban J connectivity index is 1.82. The van der Waals surface area contributed by atoms with Gasteiger partial charge in [0.25, 0.3) is 10.0 Å². The molecule has 0 spiro atoms. The Hall–Kier alpha value is -3.31. The molecule has 2 heterocycles. The molecule has 31 heavy (non-hydrogen) atoms. The van der Waals surface area contributed by atoms with Crippen LogP contribution in [0.3, 0.4) is 0 Å². The molecule has 1 aliphatic rings. The third-order valence-corrected chi connectivity index (χ3v) is 7.78. The molecule has 1 atom stereocenters. The van der Waals surface area contributed by atoms with E-state index >= 15 is 0 Å². The van der Waals surface area contributed by atoms with Crippen LogP contribution in [0.4, 0.5) is 5.82 Å². The maximum Gasteiger partial charge on any atom is 0.266 e. The minimum Gasteiger partial charge on any atom is -0.329 e. The predicted molar refractivity (Wildman–Crippen MR) is 126 cm³/mol. The lowest BCUT2D eigenvalue weighted by Crippen LogP contribution is -2.35. The van der Waals surface area contributed by atoms with Crippen LogP contribution in [-0.4, -0.2) is 13.0 Å². The van der Waals surface area contributed by atoms with E-state index < -0.39 is 16.1 Å². The van der Waals surface area contributed by atoms with Crippen molar-refractivity contribution >= 4 is 26.7 Å². The smallest absolute Gasteiger partial charge is 0.266 e. The summed E-state index contributed by atoms with van der Waals surface area (Å²) in [7, 11) is -1.87. The molecule has 3 aromatic carbocycles. The summed E-state index contributed by atoms with van der Waals surface area (Å²) < 4.78 is 31.8. The lowest BCUT2D eigenvalue weighted by molar-refractivity contribution is 0.585. The highest BCUT2D eigenvalue weighted by Crippen LogP contribution is 2.42. The summed E-state index contributed by atoms with van der Waals surface area (Å²) in [6.07, 6.45) is 4.78. The molecule has 0 saturated heterocycles. The Labute approximate surface area is 183 Å². The van der Waals surface area contributed by atoms with Crippen molar-refractivity contribution < 1.29 is 8.42 Å². The topological polar surface area (TPSA) is 42.3 Å². The van der Waals surface area contributed by atoms with Crippen LogP contribution in [0.2, 0.25) is 0 Å². The van der Waals surface area contributed by atoms with Gasteiger partial charge < -0.3 is 4.57 Å². The van der Waals surface area contributed by atoms with Crippen molar-refractivity contribution in [2.75, 3.05) is 4.31 Å². The number of benzene rings is 3. The second-order valence-electron chi connectivity index (χ2n) is 7.98. The normalized spacial score (nSPS) is 16.3. The van der Waals surface area contributed by atoms with Crippen LogP contribution in [0.25, 0.3) is 10.9 Å². The largest absolute Gasteiger partial charge is 0.329 e. The number of fused-ring (bicyclic) bond motifs is 3. The van der Waals surface area contributed by atoms with E-state index in [4.69, 9.17) is 0 Å². The molecule has 1 aromatic heterocycles. The SMILES string of the molecule is Cc1ccc(S(=O)(=O)N2c3c(c4ccccc4n3C)CC=CC2c2ccccc2)cc1. The lowest BCUT2D eigenvalue weighted by Gasteiger charge is -2.31. The zero-order valence-corrected chi connectivity index (χ0v) is 18.4. The monoisotopic (exact) mass is 428 g/mol. The maximum absolute atomic E-state index is 14.1. The van der Waals surface area contributed by atoms with Crippen molar-refractivity contribution in [3.63, 3.8) is 0 Å². The first-order valence-electron chi connectivity index (χ1n) is 10.4. The Morgan fingerprint density at radius 3 is 2.29 bits per heavy atom. The summed E-state index contributed by atoms with van der Waals surface area (Å²) in [5.41, 5.74) is 4.02. The van der Waals surface area contributed by atoms with Crippen LogP contribution in [0.1, 0.15) is 22.7 Å². The molecule has 1 unspecified atom stereocenters. The predicted octanol–water partition coefficient (Wildman–Crippen LogP) is 5.54. The van der Waals surface area contributed by atoms with Crippen LogP contribution in [0.5, 0.6) is 0 Å². The zero-order chi connectivity index (χ0) is 21.6. The highest BCUT2D eigenvalue weighted by atomic mass is 32.2. The Morgan fingerprint density at radius 2 is 1.55 bits per heavy atom. The van der Waals surface area contributed by atoms with Gasteiger partial charge in [-0.15, -0.1) is 0 Å². The van der Waals surface area contributed by atoms with E-state index in [0.717, 1.165) is 33.4 Å². The van der Waals surface area contributed by atoms with Crippen LogP contribution in [0, 0.1) is 6.92 Å². The van der Waals surface area contributed by atoms with Crippen molar-refractivity contribution in [3.8, 4) is 0 Å². The number of aromatic nitrogens is 1. The van der Waals surface area contributed by atoms with Gasteiger partial charge in [0.1, 0.15) is 5.82 Å². The molecular formula is C26H24N2O2S. The van der Waals surface area contributed by atoms with Crippen LogP contribution < -0.4 is 4.31 Å². The number of hydrogen-bond acceptors (Lipinski definition) is 2. The lowest BCUT2D eigenvalue weighted by atomic mass is 10.1. The number of nitrogens with zero attached hydrogens (tertiary/aromatic N) is 2. The summed E-state index contributed by atoms with van der Waals surface area (Å²) in [6.45, 7) is 1.96. The van der Waals surface area contributed by atoms with Gasteiger partial charge in [0, 0.05) is 23.5 Å². The van der Waals surface area contributed by atoms with E-state index in [-0.39, 0.29) is 0 Å². The Morgan fingerprint density at radius 1 is 0.871 bits per heavy atom. The van der Waals surface area contributed by atoms with Crippen LogP contribution in [0.15, 0.2) is 95.9 Å². The van der Waals surface area contributed by atoms with E-state index in [1.54, 1.807) is 16.4 Å². The zero-order valence-electron chi connectivity index (χ0n) is 17.6. The summed E-state index contributed by atoms with van der Waals surface area (Å²) in [4.78, 5) is 0.297. The highest BCUT2D eigenvalue weighted by Gasteiger charge is 2.37. The fourth-order valence-electron chi connectivity index (χ4n) is 4.45. The van der Waals surface area contributed by atoms with Gasteiger partial charge in [-0.05, 0) is 37.1 Å². The average Bonchev–Trinajstić information content (AvgIpc) is 2.94. The Bertz CT molecular complexity index is 1380. The molecular weight excluding hydrogens is 404 g/mol. The first-order valence-corrected chi connectivity index (χ1v) is 11.8. The van der Waals surface area contributed by atoms with Gasteiger partial charge in [0.15, 0.2) is 0 Å². The van der Waals surface area contributed by atoms with Gasteiger partial charge in [-0.25, -0.2) is 12.7 Å². The molecule has 4 nitrogen and oxygen atoms in total. The summed E-state index contributed by atoms with van der Waals surface area (Å²) in [6, 6.07) is 24.6. The maximum atomic E-state index is 14.1. The summed E-state index contributed by atoms with van der Waals surface area (Å²) >= 11 is 0. The van der Waals surface area contributed by atoms with Crippen LogP contribution >= 0.6 is 0 Å². The first kappa shape index (κ1) is 19.6. The minimum atomic E-state index is -3.82. The van der Waals surface area contributed by atoms with Crippen molar-refractivity contribution in [1.82, 2.24) is 4.57 Å². The molecule has 0 bridgehead atoms. The second kappa shape index (κ2) is 7.43. The van der Waals surface area contributed by atoms with Gasteiger partial charge >= 0.3 is 0 Å². The second-order valence-corrected chi connectivity index (χ2v) is 9.79. The molecule has 0 saturated carbocycles. The molecule has 0 fully saturated rings. The molecule has 0 N–H and O–H groups in total. The van der Waals surface area contributed by atoms with E-state index in [1.165, 1.54) is 0 Å². The fraction of sp³-hybridized carbons (Fsp3) is 0.154. The number of anilines is 1. The van der Waals surface area contributed by atoms with Crippen molar-refractivity contribution in [3.05, 3.63) is 108 Å². The van der Waals surface area contributed by atoms with E-state index in [2.05, 4.69) is 12.1 Å². The number of hydrogen-bond donors (Lipinski definition) is 0. The van der Waals surface area contributed by atoms with Crippen molar-refractivity contribution in [2.24, 2.45) is 7.05 Å². The third-order valence-electron chi connectivity index (χ3n) is 6.00. The number of sulfonamides is 1. The van der Waals surface area contributed by atoms with Gasteiger partial charge in [-0.3, -0.25) is 0 Å². The third kappa shape index (κ3) is 3.17. The molecule has 4 aromatic rings. The van der Waals surface area contributed by atoms with Crippen molar-refractivity contribution in [2.45, 2.75) is 24.3 Å². The standard InChI is InChI=1S/C26H24N2O2S/c1-19-15-17-21(18-16-19)31(29,30)28-24(20-9-4-3-5-10-20)14-8-12-23-22-11-6-7-13-25(22)27(2)26(23)28/h3-11,13-18,24H,12H2,1-2H3. The number of aryl methyl sites for hydroxylation is 2. The van der Waals surface area contributed by atoms with E-state index in [9.17, 15) is 8.42 Å². The number of rotatable bonds is 3. The van der Waals surface area contributed by atoms with E-state index in [1.807, 2.05) is 85.3 Å². The van der Waals surface area contributed by atoms with Gasteiger partial charge in [-0.1, -0.05) is 78.4 Å². The molecule has 1 aliphatic heterocycles. The van der Waals surface area contributed by atoms with E-state index in [0.29, 0.717) is 11.3 Å². The van der Waals surface area contributed by atoms with Gasteiger partial charge in [0.2, 0.25) is 0 Å². The fourth-order valence-corrected chi connectivity index (χ4v) is 6.11. The molecule has 5 rings (SSSR count). The van der Waals surface area contributed by atoms with Crippen molar-refractivity contribution in [1.29, 1.82) is 0 Å². The quantitative estimate of drug-likeness (QED) is 0.402.